The smallest absolute Gasteiger partial charge is 0.345 e. The Balaban J connectivity index is 1.49. The number of esters is 1. The minimum absolute atomic E-state index is 0.114. The van der Waals surface area contributed by atoms with E-state index in [4.69, 9.17) is 9.47 Å². The summed E-state index contributed by atoms with van der Waals surface area (Å²) in [6.07, 6.45) is 0. The van der Waals surface area contributed by atoms with E-state index < -0.39 is 11.6 Å². The molecule has 170 valence electrons. The molecule has 4 rings (SSSR count). The van der Waals surface area contributed by atoms with Crippen LogP contribution in [-0.4, -0.2) is 12.6 Å². The molecule has 3 aromatic carbocycles. The summed E-state index contributed by atoms with van der Waals surface area (Å²) in [4.78, 5) is 13.7. The molecule has 0 spiro atoms. The van der Waals surface area contributed by atoms with Crippen molar-refractivity contribution < 1.29 is 18.7 Å². The molecule has 0 N–H and O–H groups in total. The van der Waals surface area contributed by atoms with Gasteiger partial charge in [-0.25, -0.2) is 9.18 Å². The van der Waals surface area contributed by atoms with Gasteiger partial charge < -0.3 is 9.47 Å². The predicted molar refractivity (Wildman–Crippen MR) is 141 cm³/mol. The highest BCUT2D eigenvalue weighted by molar-refractivity contribution is 14.1. The van der Waals surface area contributed by atoms with E-state index in [1.165, 1.54) is 30.7 Å². The molecule has 0 fully saturated rings. The van der Waals surface area contributed by atoms with Crippen LogP contribution < -0.4 is 4.74 Å². The van der Waals surface area contributed by atoms with Crippen LogP contribution >= 0.6 is 33.1 Å². The first-order valence-corrected chi connectivity index (χ1v) is 12.9. The molecule has 3 nitrogen and oxygen atoms in total. The Morgan fingerprint density at radius 1 is 1.03 bits per heavy atom. The summed E-state index contributed by atoms with van der Waals surface area (Å²) in [5.41, 5.74) is 1.58. The fourth-order valence-electron chi connectivity index (χ4n) is 3.90. The van der Waals surface area contributed by atoms with Crippen molar-refractivity contribution in [3.05, 3.63) is 92.1 Å². The van der Waals surface area contributed by atoms with Crippen molar-refractivity contribution in [1.29, 1.82) is 0 Å². The van der Waals surface area contributed by atoms with E-state index in [9.17, 15) is 9.18 Å². The Bertz CT molecular complexity index is 1320. The molecule has 33 heavy (non-hydrogen) atoms. The van der Waals surface area contributed by atoms with Crippen LogP contribution in [-0.2, 0) is 15.1 Å². The van der Waals surface area contributed by atoms with Crippen molar-refractivity contribution >= 4 is 49.1 Å². The Morgan fingerprint density at radius 3 is 2.45 bits per heavy atom. The molecule has 0 radical (unpaired) electrons. The highest BCUT2D eigenvalue weighted by Gasteiger charge is 2.26. The van der Waals surface area contributed by atoms with Gasteiger partial charge in [-0.3, -0.25) is 0 Å². The lowest BCUT2D eigenvalue weighted by atomic mass is 9.98. The number of carbonyl (C=O) groups is 1. The second-order valence-corrected chi connectivity index (χ2v) is 11.6. The summed E-state index contributed by atoms with van der Waals surface area (Å²) in [5.74, 6) is -0.181. The molecular weight excluding hydrogens is 550 g/mol. The molecule has 1 atom stereocenters. The normalized spacial score (nSPS) is 12.1. The molecule has 0 saturated carbocycles. The fourth-order valence-corrected chi connectivity index (χ4v) is 6.46. The van der Waals surface area contributed by atoms with Gasteiger partial charge in [0.05, 0.1) is 0 Å². The third kappa shape index (κ3) is 5.22. The first-order valence-electron chi connectivity index (χ1n) is 10.6. The number of fused-ring (bicyclic) bond motifs is 1. The van der Waals surface area contributed by atoms with Crippen LogP contribution in [0.25, 0.3) is 15.0 Å². The minimum atomic E-state index is -0.961. The molecule has 1 unspecified atom stereocenters. The largest absolute Gasteiger partial charge is 0.481 e. The predicted octanol–water partition coefficient (Wildman–Crippen LogP) is 7.80. The molecule has 0 amide bonds. The number of aryl methyl sites for hydroxylation is 2. The zero-order valence-electron chi connectivity index (χ0n) is 18.9. The van der Waals surface area contributed by atoms with Gasteiger partial charge in [0, 0.05) is 37.6 Å². The van der Waals surface area contributed by atoms with E-state index in [1.807, 2.05) is 13.8 Å². The molecule has 1 aromatic heterocycles. The first-order chi connectivity index (χ1) is 15.6. The molecule has 1 heterocycles. The summed E-state index contributed by atoms with van der Waals surface area (Å²) < 4.78 is 27.6. The highest BCUT2D eigenvalue weighted by atomic mass is 127. The Kier molecular flexibility index (Phi) is 6.77. The van der Waals surface area contributed by atoms with Crippen LogP contribution in [0, 0.1) is 23.2 Å². The van der Waals surface area contributed by atoms with E-state index in [0.29, 0.717) is 11.3 Å². The van der Waals surface area contributed by atoms with Crippen LogP contribution in [0.2, 0.25) is 0 Å². The lowest BCUT2D eigenvalue weighted by Gasteiger charge is -2.26. The molecule has 0 aliphatic rings. The summed E-state index contributed by atoms with van der Waals surface area (Å²) in [6.45, 7) is 7.24. The zero-order valence-corrected chi connectivity index (χ0v) is 21.9. The number of rotatable bonds is 6. The van der Waals surface area contributed by atoms with Crippen LogP contribution in [0.4, 0.5) is 4.39 Å². The topological polar surface area (TPSA) is 35.5 Å². The number of carbonyl (C=O) groups excluding carboxylic acids is 1. The van der Waals surface area contributed by atoms with Crippen molar-refractivity contribution in [2.75, 3.05) is 6.61 Å². The molecule has 4 aromatic rings. The number of benzene rings is 3. The van der Waals surface area contributed by atoms with Gasteiger partial charge in [-0.15, -0.1) is 0 Å². The maximum absolute atomic E-state index is 13.6. The lowest BCUT2D eigenvalue weighted by Crippen LogP contribution is -2.28. The van der Waals surface area contributed by atoms with Crippen molar-refractivity contribution in [2.45, 2.75) is 33.3 Å². The second kappa shape index (κ2) is 9.43. The van der Waals surface area contributed by atoms with Gasteiger partial charge in [0.1, 0.15) is 22.5 Å². The molecule has 0 bridgehead atoms. The average Bonchev–Trinajstić information content (AvgIpc) is 3.15. The van der Waals surface area contributed by atoms with Crippen LogP contribution in [0.3, 0.4) is 0 Å². The quantitative estimate of drug-likeness (QED) is 0.134. The van der Waals surface area contributed by atoms with Gasteiger partial charge in [-0.05, 0) is 97.3 Å². The molecule has 6 heteroatoms. The van der Waals surface area contributed by atoms with Gasteiger partial charge in [-0.2, -0.15) is 0 Å². The van der Waals surface area contributed by atoms with E-state index in [-0.39, 0.29) is 22.9 Å². The van der Waals surface area contributed by atoms with Gasteiger partial charge >= 0.3 is 5.97 Å². The summed E-state index contributed by atoms with van der Waals surface area (Å²) in [7, 11) is -0.114. The monoisotopic (exact) mass is 575 g/mol. The molecule has 0 aliphatic carbocycles. The van der Waals surface area contributed by atoms with E-state index in [1.54, 1.807) is 26.0 Å². The maximum Gasteiger partial charge on any atom is 0.345 e. The van der Waals surface area contributed by atoms with Crippen molar-refractivity contribution in [2.24, 2.45) is 0 Å². The standard InChI is InChI=1S/C27H25FIO3S/c1-17-12-23(33-11-10-19-14-22(29)8-9-24(19)33)13-18(2)26(17)31-16-25(30)32-27(3,4)20-6-5-7-21(28)15-20/h5-15H,16H2,1-4H3/q+1. The second-order valence-electron chi connectivity index (χ2n) is 8.49. The van der Waals surface area contributed by atoms with Crippen molar-refractivity contribution in [1.82, 2.24) is 0 Å². The van der Waals surface area contributed by atoms with Crippen LogP contribution in [0.15, 0.2) is 66.0 Å². The number of thiophene rings is 1. The number of ether oxygens (including phenoxy) is 2. The van der Waals surface area contributed by atoms with Gasteiger partial charge in [0.25, 0.3) is 0 Å². The number of hydrogen-bond acceptors (Lipinski definition) is 3. The molecule has 0 aliphatic heterocycles. The molecule has 0 saturated heterocycles. The SMILES string of the molecule is Cc1cc(-[s+]2ccc3cc(I)ccc32)cc(C)c1OCC(=O)OC(C)(C)c1cccc(F)c1. The minimum Gasteiger partial charge on any atom is -0.481 e. The summed E-state index contributed by atoms with van der Waals surface area (Å²) in [5, 5.41) is 3.52. The van der Waals surface area contributed by atoms with Crippen LogP contribution in [0.5, 0.6) is 5.75 Å². The third-order valence-electron chi connectivity index (χ3n) is 5.50. The van der Waals surface area contributed by atoms with Gasteiger partial charge in [0.2, 0.25) is 0 Å². The van der Waals surface area contributed by atoms with Gasteiger partial charge in [0.15, 0.2) is 16.2 Å². The number of hydrogen-bond donors (Lipinski definition) is 0. The Morgan fingerprint density at radius 2 is 1.76 bits per heavy atom. The average molecular weight is 575 g/mol. The van der Waals surface area contributed by atoms with E-state index in [0.717, 1.165) is 11.1 Å². The van der Waals surface area contributed by atoms with Gasteiger partial charge in [-0.1, -0.05) is 12.1 Å². The van der Waals surface area contributed by atoms with Crippen molar-refractivity contribution in [3.63, 3.8) is 0 Å². The third-order valence-corrected chi connectivity index (χ3v) is 8.17. The highest BCUT2D eigenvalue weighted by Crippen LogP contribution is 2.42. The number of halogens is 2. The summed E-state index contributed by atoms with van der Waals surface area (Å²) >= 11 is 2.34. The summed E-state index contributed by atoms with van der Waals surface area (Å²) in [6, 6.07) is 19.1. The van der Waals surface area contributed by atoms with Crippen molar-refractivity contribution in [3.8, 4) is 10.6 Å². The Labute approximate surface area is 209 Å². The maximum atomic E-state index is 13.6. The van der Waals surface area contributed by atoms with E-state index >= 15 is 0 Å². The Hall–Kier alpha value is -2.45. The van der Waals surface area contributed by atoms with Crippen LogP contribution in [0.1, 0.15) is 30.5 Å². The first kappa shape index (κ1) is 23.7. The lowest BCUT2D eigenvalue weighted by molar-refractivity contribution is -0.159. The van der Waals surface area contributed by atoms with E-state index in [2.05, 4.69) is 64.4 Å². The molecular formula is C27H25FIO3S+. The fraction of sp³-hybridized carbons (Fsp3) is 0.222. The zero-order chi connectivity index (χ0) is 23.8.